The fraction of sp³-hybridized carbons (Fsp3) is 0.444. The molecule has 110 valence electrons. The summed E-state index contributed by atoms with van der Waals surface area (Å²) in [6.45, 7) is 2.17. The van der Waals surface area contributed by atoms with Crippen molar-refractivity contribution in [1.82, 2.24) is 0 Å². The Morgan fingerprint density at radius 1 is 1.00 bits per heavy atom. The van der Waals surface area contributed by atoms with Crippen LogP contribution in [0.15, 0.2) is 36.4 Å². The molecule has 0 bridgehead atoms. The second-order valence-electron chi connectivity index (χ2n) is 5.94. The molecule has 1 aromatic carbocycles. The van der Waals surface area contributed by atoms with Crippen LogP contribution in [0.2, 0.25) is 0 Å². The summed E-state index contributed by atoms with van der Waals surface area (Å²) in [5.74, 6) is -0.365. The lowest BCUT2D eigenvalue weighted by molar-refractivity contribution is -0.122. The van der Waals surface area contributed by atoms with Gasteiger partial charge in [0.25, 0.3) is 0 Å². The normalized spacial score (nSPS) is 24.5. The van der Waals surface area contributed by atoms with Crippen molar-refractivity contribution in [3.8, 4) is 0 Å². The number of carbonyl (C=O) groups is 2. The van der Waals surface area contributed by atoms with Crippen molar-refractivity contribution in [3.05, 3.63) is 42.0 Å². The van der Waals surface area contributed by atoms with Crippen LogP contribution < -0.4 is 4.90 Å². The highest BCUT2D eigenvalue weighted by Crippen LogP contribution is 2.37. The lowest BCUT2D eigenvalue weighted by Gasteiger charge is -2.15. The summed E-state index contributed by atoms with van der Waals surface area (Å²) >= 11 is 0. The fourth-order valence-electron chi connectivity index (χ4n) is 3.25. The summed E-state index contributed by atoms with van der Waals surface area (Å²) in [7, 11) is 0. The molecule has 3 heteroatoms. The fourth-order valence-corrected chi connectivity index (χ4v) is 3.25. The van der Waals surface area contributed by atoms with Gasteiger partial charge in [-0.3, -0.25) is 14.5 Å². The van der Waals surface area contributed by atoms with Crippen molar-refractivity contribution in [2.24, 2.45) is 11.8 Å². The third kappa shape index (κ3) is 2.53. The first-order chi connectivity index (χ1) is 10.2. The standard InChI is InChI=1S/C18H21NO2/c1-2-3-6-13-9-11-14(12-10-13)19-17(20)15-7-4-5-8-16(15)18(19)21/h4-5,9-12,15-16H,2-3,6-8H2,1H3/t15-,16-/m1/s1. The number of rotatable bonds is 4. The predicted octanol–water partition coefficient (Wildman–Crippen LogP) is 3.48. The molecule has 0 saturated carbocycles. The van der Waals surface area contributed by atoms with E-state index in [0.29, 0.717) is 12.8 Å². The first kappa shape index (κ1) is 14.1. The number of nitrogens with zero attached hydrogens (tertiary/aromatic N) is 1. The van der Waals surface area contributed by atoms with Gasteiger partial charge in [-0.1, -0.05) is 37.6 Å². The lowest BCUT2D eigenvalue weighted by Crippen LogP contribution is -2.30. The van der Waals surface area contributed by atoms with Crippen LogP contribution in [0.3, 0.4) is 0 Å². The van der Waals surface area contributed by atoms with Gasteiger partial charge in [0.05, 0.1) is 17.5 Å². The maximum absolute atomic E-state index is 12.5. The number of carbonyl (C=O) groups excluding carboxylic acids is 2. The molecule has 0 aromatic heterocycles. The number of hydrogen-bond donors (Lipinski definition) is 0. The van der Waals surface area contributed by atoms with E-state index in [0.717, 1.165) is 18.5 Å². The monoisotopic (exact) mass is 283 g/mol. The van der Waals surface area contributed by atoms with Crippen molar-refractivity contribution in [2.75, 3.05) is 4.90 Å². The van der Waals surface area contributed by atoms with Gasteiger partial charge in [-0.2, -0.15) is 0 Å². The molecule has 3 rings (SSSR count). The van der Waals surface area contributed by atoms with Crippen LogP contribution in [-0.2, 0) is 16.0 Å². The zero-order chi connectivity index (χ0) is 14.8. The smallest absolute Gasteiger partial charge is 0.238 e. The molecule has 21 heavy (non-hydrogen) atoms. The molecule has 0 radical (unpaired) electrons. The van der Waals surface area contributed by atoms with Gasteiger partial charge >= 0.3 is 0 Å². The minimum atomic E-state index is -0.151. The molecular formula is C18H21NO2. The van der Waals surface area contributed by atoms with Crippen LogP contribution in [0.4, 0.5) is 5.69 Å². The summed E-state index contributed by atoms with van der Waals surface area (Å²) in [6, 6.07) is 7.88. The molecule has 1 fully saturated rings. The summed E-state index contributed by atoms with van der Waals surface area (Å²) in [5, 5.41) is 0. The Morgan fingerprint density at radius 3 is 2.10 bits per heavy atom. The molecule has 0 unspecified atom stereocenters. The largest absolute Gasteiger partial charge is 0.274 e. The van der Waals surface area contributed by atoms with Crippen LogP contribution in [0.1, 0.15) is 38.2 Å². The van der Waals surface area contributed by atoms with E-state index >= 15 is 0 Å². The Morgan fingerprint density at radius 2 is 1.57 bits per heavy atom. The molecule has 1 saturated heterocycles. The summed E-state index contributed by atoms with van der Waals surface area (Å²) < 4.78 is 0. The van der Waals surface area contributed by atoms with Crippen molar-refractivity contribution < 1.29 is 9.59 Å². The van der Waals surface area contributed by atoms with Gasteiger partial charge in [-0.05, 0) is 43.4 Å². The molecule has 1 heterocycles. The molecule has 2 aliphatic rings. The zero-order valence-corrected chi connectivity index (χ0v) is 12.4. The second-order valence-corrected chi connectivity index (χ2v) is 5.94. The quantitative estimate of drug-likeness (QED) is 0.626. The molecule has 1 aromatic rings. The SMILES string of the molecule is CCCCc1ccc(N2C(=O)[C@@H]3CC=CC[C@H]3C2=O)cc1. The highest BCUT2D eigenvalue weighted by molar-refractivity contribution is 6.22. The van der Waals surface area contributed by atoms with E-state index in [1.54, 1.807) is 0 Å². The second kappa shape index (κ2) is 5.84. The van der Waals surface area contributed by atoms with Crippen molar-refractivity contribution in [3.63, 3.8) is 0 Å². The van der Waals surface area contributed by atoms with E-state index in [4.69, 9.17) is 0 Å². The first-order valence-corrected chi connectivity index (χ1v) is 7.84. The van der Waals surface area contributed by atoms with Crippen molar-refractivity contribution in [2.45, 2.75) is 39.0 Å². The average Bonchev–Trinajstić information content (AvgIpc) is 2.78. The third-order valence-electron chi connectivity index (χ3n) is 4.52. The number of unbranched alkanes of at least 4 members (excludes halogenated alkanes) is 1. The van der Waals surface area contributed by atoms with Gasteiger partial charge < -0.3 is 0 Å². The van der Waals surface area contributed by atoms with E-state index in [9.17, 15) is 9.59 Å². The third-order valence-corrected chi connectivity index (χ3v) is 4.52. The van der Waals surface area contributed by atoms with E-state index in [-0.39, 0.29) is 23.7 Å². The topological polar surface area (TPSA) is 37.4 Å². The van der Waals surface area contributed by atoms with Crippen LogP contribution >= 0.6 is 0 Å². The van der Waals surface area contributed by atoms with Gasteiger partial charge in [0.2, 0.25) is 11.8 Å². The molecular weight excluding hydrogens is 262 g/mol. The van der Waals surface area contributed by atoms with E-state index in [2.05, 4.69) is 6.92 Å². The van der Waals surface area contributed by atoms with Gasteiger partial charge in [0.1, 0.15) is 0 Å². The molecule has 2 atom stereocenters. The molecule has 1 aliphatic carbocycles. The van der Waals surface area contributed by atoms with Crippen LogP contribution in [0, 0.1) is 11.8 Å². The zero-order valence-electron chi connectivity index (χ0n) is 12.4. The van der Waals surface area contributed by atoms with Crippen LogP contribution in [0.5, 0.6) is 0 Å². The number of hydrogen-bond acceptors (Lipinski definition) is 2. The Kier molecular flexibility index (Phi) is 3.91. The number of allylic oxidation sites excluding steroid dienone is 2. The highest BCUT2D eigenvalue weighted by atomic mass is 16.2. The number of benzene rings is 1. The Labute approximate surface area is 125 Å². The van der Waals surface area contributed by atoms with E-state index in [1.165, 1.54) is 16.9 Å². The highest BCUT2D eigenvalue weighted by Gasteiger charge is 2.47. The molecule has 0 N–H and O–H groups in total. The molecule has 3 nitrogen and oxygen atoms in total. The van der Waals surface area contributed by atoms with Crippen LogP contribution in [-0.4, -0.2) is 11.8 Å². The molecule has 2 amide bonds. The van der Waals surface area contributed by atoms with Crippen LogP contribution in [0.25, 0.3) is 0 Å². The first-order valence-electron chi connectivity index (χ1n) is 7.84. The average molecular weight is 283 g/mol. The predicted molar refractivity (Wildman–Crippen MR) is 82.9 cm³/mol. The lowest BCUT2D eigenvalue weighted by atomic mass is 9.85. The molecule has 1 aliphatic heterocycles. The van der Waals surface area contributed by atoms with Gasteiger partial charge in [0.15, 0.2) is 0 Å². The Balaban J connectivity index is 1.80. The van der Waals surface area contributed by atoms with E-state index < -0.39 is 0 Å². The Bertz CT molecular complexity index is 547. The number of imide groups is 1. The van der Waals surface area contributed by atoms with Gasteiger partial charge in [-0.25, -0.2) is 0 Å². The number of amides is 2. The van der Waals surface area contributed by atoms with E-state index in [1.807, 2.05) is 36.4 Å². The minimum absolute atomic E-state index is 0.0318. The number of aryl methyl sites for hydroxylation is 1. The number of fused-ring (bicyclic) bond motifs is 1. The number of anilines is 1. The summed E-state index contributed by atoms with van der Waals surface area (Å²) in [5.41, 5.74) is 1.98. The minimum Gasteiger partial charge on any atom is -0.274 e. The maximum Gasteiger partial charge on any atom is 0.238 e. The molecule has 0 spiro atoms. The maximum atomic E-state index is 12.5. The van der Waals surface area contributed by atoms with Crippen molar-refractivity contribution in [1.29, 1.82) is 0 Å². The summed E-state index contributed by atoms with van der Waals surface area (Å²) in [6.07, 6.45) is 8.81. The van der Waals surface area contributed by atoms with Gasteiger partial charge in [-0.15, -0.1) is 0 Å². The van der Waals surface area contributed by atoms with Crippen molar-refractivity contribution >= 4 is 17.5 Å². The van der Waals surface area contributed by atoms with Gasteiger partial charge in [0, 0.05) is 0 Å². The summed E-state index contributed by atoms with van der Waals surface area (Å²) in [4.78, 5) is 26.4. The Hall–Kier alpha value is -1.90.